The second-order valence-corrected chi connectivity index (χ2v) is 4.81. The summed E-state index contributed by atoms with van der Waals surface area (Å²) >= 11 is 1.52. The van der Waals surface area contributed by atoms with Crippen molar-refractivity contribution in [1.29, 1.82) is 0 Å². The highest BCUT2D eigenvalue weighted by atomic mass is 32.1. The monoisotopic (exact) mass is 253 g/mol. The Hall–Kier alpha value is -1.40. The van der Waals surface area contributed by atoms with Crippen molar-refractivity contribution in [2.75, 3.05) is 7.11 Å². The molecule has 0 aliphatic carbocycles. The molecule has 92 valence electrons. The summed E-state index contributed by atoms with van der Waals surface area (Å²) in [6, 6.07) is 2.29. The van der Waals surface area contributed by atoms with Gasteiger partial charge in [0.15, 0.2) is 5.82 Å². The SMILES string of the molecule is COc1csc(-c2nc(CNC(C)C)no2)c1. The molecule has 2 aromatic rings. The molecule has 0 radical (unpaired) electrons. The molecule has 0 atom stereocenters. The van der Waals surface area contributed by atoms with Crippen LogP contribution in [0.3, 0.4) is 0 Å². The highest BCUT2D eigenvalue weighted by molar-refractivity contribution is 7.13. The number of thiophene rings is 1. The van der Waals surface area contributed by atoms with E-state index in [9.17, 15) is 0 Å². The average molecular weight is 253 g/mol. The highest BCUT2D eigenvalue weighted by Crippen LogP contribution is 2.29. The van der Waals surface area contributed by atoms with E-state index >= 15 is 0 Å². The van der Waals surface area contributed by atoms with Crippen molar-refractivity contribution >= 4 is 11.3 Å². The molecule has 5 nitrogen and oxygen atoms in total. The first-order valence-electron chi connectivity index (χ1n) is 5.38. The molecule has 0 bridgehead atoms. The maximum Gasteiger partial charge on any atom is 0.268 e. The molecule has 6 heteroatoms. The van der Waals surface area contributed by atoms with E-state index in [-0.39, 0.29) is 0 Å². The summed E-state index contributed by atoms with van der Waals surface area (Å²) < 4.78 is 10.3. The molecule has 0 fully saturated rings. The Morgan fingerprint density at radius 1 is 1.53 bits per heavy atom. The van der Waals surface area contributed by atoms with E-state index in [2.05, 4.69) is 29.3 Å². The van der Waals surface area contributed by atoms with Crippen molar-refractivity contribution in [3.63, 3.8) is 0 Å². The molecule has 0 spiro atoms. The van der Waals surface area contributed by atoms with Crippen LogP contribution in [0.1, 0.15) is 19.7 Å². The van der Waals surface area contributed by atoms with Crippen molar-refractivity contribution in [2.24, 2.45) is 0 Å². The summed E-state index contributed by atoms with van der Waals surface area (Å²) in [5, 5.41) is 9.06. The first kappa shape index (κ1) is 12.1. The number of aromatic nitrogens is 2. The van der Waals surface area contributed by atoms with Gasteiger partial charge in [-0.25, -0.2) is 0 Å². The summed E-state index contributed by atoms with van der Waals surface area (Å²) in [7, 11) is 1.64. The lowest BCUT2D eigenvalue weighted by Crippen LogP contribution is -2.22. The maximum atomic E-state index is 5.19. The van der Waals surface area contributed by atoms with Gasteiger partial charge in [-0.3, -0.25) is 0 Å². The Morgan fingerprint density at radius 2 is 2.35 bits per heavy atom. The van der Waals surface area contributed by atoms with Crippen LogP contribution >= 0.6 is 11.3 Å². The summed E-state index contributed by atoms with van der Waals surface area (Å²) in [4.78, 5) is 5.24. The van der Waals surface area contributed by atoms with Gasteiger partial charge in [-0.15, -0.1) is 11.3 Å². The molecule has 1 N–H and O–H groups in total. The van der Waals surface area contributed by atoms with Gasteiger partial charge in [0.25, 0.3) is 5.89 Å². The van der Waals surface area contributed by atoms with Crippen molar-refractivity contribution in [3.8, 4) is 16.5 Å². The van der Waals surface area contributed by atoms with Gasteiger partial charge in [-0.05, 0) is 0 Å². The summed E-state index contributed by atoms with van der Waals surface area (Å²) in [5.74, 6) is 2.02. The second kappa shape index (κ2) is 5.29. The molecule has 2 heterocycles. The summed E-state index contributed by atoms with van der Waals surface area (Å²) in [6.45, 7) is 4.76. The zero-order valence-electron chi connectivity index (χ0n) is 10.1. The smallest absolute Gasteiger partial charge is 0.268 e. The highest BCUT2D eigenvalue weighted by Gasteiger charge is 2.11. The third kappa shape index (κ3) is 3.04. The maximum absolute atomic E-state index is 5.19. The molecule has 0 saturated carbocycles. The number of rotatable bonds is 5. The van der Waals surface area contributed by atoms with Crippen LogP contribution in [0.25, 0.3) is 10.8 Å². The summed E-state index contributed by atoms with van der Waals surface area (Å²) in [5.41, 5.74) is 0. The van der Waals surface area contributed by atoms with Crippen LogP contribution in [0.2, 0.25) is 0 Å². The van der Waals surface area contributed by atoms with Crippen molar-refractivity contribution in [1.82, 2.24) is 15.5 Å². The lowest BCUT2D eigenvalue weighted by Gasteiger charge is -2.02. The molecule has 0 aromatic carbocycles. The Kier molecular flexibility index (Phi) is 3.75. The minimum atomic E-state index is 0.402. The number of methoxy groups -OCH3 is 1. The Balaban J connectivity index is 2.07. The van der Waals surface area contributed by atoms with Gasteiger partial charge < -0.3 is 14.6 Å². The molecule has 17 heavy (non-hydrogen) atoms. The molecular weight excluding hydrogens is 238 g/mol. The van der Waals surface area contributed by atoms with E-state index in [1.807, 2.05) is 11.4 Å². The molecule has 0 aliphatic heterocycles. The van der Waals surface area contributed by atoms with E-state index in [1.165, 1.54) is 11.3 Å². The average Bonchev–Trinajstić information content (AvgIpc) is 2.94. The van der Waals surface area contributed by atoms with E-state index in [1.54, 1.807) is 7.11 Å². The lowest BCUT2D eigenvalue weighted by atomic mass is 10.4. The van der Waals surface area contributed by atoms with Gasteiger partial charge in [-0.1, -0.05) is 19.0 Å². The number of hydrogen-bond donors (Lipinski definition) is 1. The first-order valence-corrected chi connectivity index (χ1v) is 6.26. The molecule has 0 aliphatic rings. The van der Waals surface area contributed by atoms with E-state index in [0.717, 1.165) is 10.6 Å². The molecule has 0 amide bonds. The van der Waals surface area contributed by atoms with E-state index in [4.69, 9.17) is 9.26 Å². The normalized spacial score (nSPS) is 11.1. The fraction of sp³-hybridized carbons (Fsp3) is 0.455. The van der Waals surface area contributed by atoms with Crippen LogP contribution in [-0.2, 0) is 6.54 Å². The van der Waals surface area contributed by atoms with Crippen molar-refractivity contribution in [3.05, 3.63) is 17.3 Å². The van der Waals surface area contributed by atoms with Crippen LogP contribution in [-0.4, -0.2) is 23.3 Å². The van der Waals surface area contributed by atoms with Gasteiger partial charge in [0.1, 0.15) is 5.75 Å². The molecular formula is C11H15N3O2S. The number of nitrogens with one attached hydrogen (secondary N) is 1. The number of hydrogen-bond acceptors (Lipinski definition) is 6. The van der Waals surface area contributed by atoms with Gasteiger partial charge in [0.05, 0.1) is 18.5 Å². The van der Waals surface area contributed by atoms with Crippen LogP contribution < -0.4 is 10.1 Å². The van der Waals surface area contributed by atoms with E-state index in [0.29, 0.717) is 24.3 Å². The molecule has 0 unspecified atom stereocenters. The summed E-state index contributed by atoms with van der Waals surface area (Å²) in [6.07, 6.45) is 0. The third-order valence-corrected chi connectivity index (χ3v) is 3.05. The molecule has 2 rings (SSSR count). The van der Waals surface area contributed by atoms with Gasteiger partial charge in [0.2, 0.25) is 0 Å². The lowest BCUT2D eigenvalue weighted by molar-refractivity contribution is 0.413. The Labute approximate surface area is 104 Å². The van der Waals surface area contributed by atoms with E-state index < -0.39 is 0 Å². The zero-order valence-corrected chi connectivity index (χ0v) is 10.9. The van der Waals surface area contributed by atoms with Crippen LogP contribution in [0, 0.1) is 0 Å². The Bertz CT molecular complexity index is 479. The number of ether oxygens (including phenoxy) is 1. The van der Waals surface area contributed by atoms with Crippen LogP contribution in [0.5, 0.6) is 5.75 Å². The topological polar surface area (TPSA) is 60.2 Å². The van der Waals surface area contributed by atoms with Gasteiger partial charge in [-0.2, -0.15) is 4.98 Å². The van der Waals surface area contributed by atoms with Crippen molar-refractivity contribution in [2.45, 2.75) is 26.4 Å². The van der Waals surface area contributed by atoms with Crippen LogP contribution in [0.4, 0.5) is 0 Å². The van der Waals surface area contributed by atoms with Gasteiger partial charge in [0, 0.05) is 17.5 Å². The van der Waals surface area contributed by atoms with Gasteiger partial charge >= 0.3 is 0 Å². The largest absolute Gasteiger partial charge is 0.496 e. The minimum absolute atomic E-state index is 0.402. The third-order valence-electron chi connectivity index (χ3n) is 2.16. The fourth-order valence-electron chi connectivity index (χ4n) is 1.26. The van der Waals surface area contributed by atoms with Crippen molar-refractivity contribution < 1.29 is 9.26 Å². The fourth-order valence-corrected chi connectivity index (χ4v) is 2.03. The zero-order chi connectivity index (χ0) is 12.3. The van der Waals surface area contributed by atoms with Crippen LogP contribution in [0.15, 0.2) is 16.0 Å². The quantitative estimate of drug-likeness (QED) is 0.886. The second-order valence-electron chi connectivity index (χ2n) is 3.90. The predicted octanol–water partition coefficient (Wildman–Crippen LogP) is 2.30. The predicted molar refractivity (Wildman–Crippen MR) is 66.1 cm³/mol. The number of nitrogens with zero attached hydrogens (tertiary/aromatic N) is 2. The molecule has 2 aromatic heterocycles. The first-order chi connectivity index (χ1) is 8.19. The Morgan fingerprint density at radius 3 is 3.00 bits per heavy atom. The standard InChI is InChI=1S/C11H15N3O2S/c1-7(2)12-5-10-13-11(16-14-10)9-4-8(15-3)6-17-9/h4,6-7,12H,5H2,1-3H3. The minimum Gasteiger partial charge on any atom is -0.496 e. The molecule has 0 saturated heterocycles.